The van der Waals surface area contributed by atoms with Crippen LogP contribution in [0.5, 0.6) is 0 Å². The normalized spacial score (nSPS) is 21.9. The third-order valence-electron chi connectivity index (χ3n) is 4.55. The van der Waals surface area contributed by atoms with Gasteiger partial charge in [0.05, 0.1) is 11.7 Å². The van der Waals surface area contributed by atoms with E-state index in [1.807, 2.05) is 0 Å². The number of aromatic nitrogens is 3. The molecule has 4 heteroatoms. The lowest BCUT2D eigenvalue weighted by atomic mass is 10.0. The van der Waals surface area contributed by atoms with Crippen molar-refractivity contribution in [1.29, 1.82) is 0 Å². The second-order valence-electron chi connectivity index (χ2n) is 5.80. The van der Waals surface area contributed by atoms with Gasteiger partial charge >= 0.3 is 0 Å². The van der Waals surface area contributed by atoms with Crippen molar-refractivity contribution in [3.05, 3.63) is 41.5 Å². The molecule has 2 aliphatic rings. The summed E-state index contributed by atoms with van der Waals surface area (Å²) in [6.45, 7) is 1.09. The van der Waals surface area contributed by atoms with Crippen molar-refractivity contribution in [2.24, 2.45) is 0 Å². The molecule has 0 bridgehead atoms. The molecule has 1 aromatic carbocycles. The zero-order chi connectivity index (χ0) is 13.4. The van der Waals surface area contributed by atoms with E-state index in [-0.39, 0.29) is 0 Å². The van der Waals surface area contributed by atoms with Crippen LogP contribution >= 0.6 is 0 Å². The van der Waals surface area contributed by atoms with Crippen LogP contribution in [-0.2, 0) is 12.8 Å². The quantitative estimate of drug-likeness (QED) is 0.910. The minimum Gasteiger partial charge on any atom is -0.307 e. The molecular formula is C16H20N4. The predicted molar refractivity (Wildman–Crippen MR) is 78.0 cm³/mol. The Hall–Kier alpha value is -1.68. The van der Waals surface area contributed by atoms with E-state index in [1.54, 1.807) is 6.33 Å². The van der Waals surface area contributed by atoms with E-state index in [2.05, 4.69) is 38.3 Å². The highest BCUT2D eigenvalue weighted by Gasteiger charge is 2.23. The number of nitrogens with zero attached hydrogens (tertiary/aromatic N) is 3. The average molecular weight is 268 g/mol. The van der Waals surface area contributed by atoms with Crippen LogP contribution < -0.4 is 5.32 Å². The number of nitrogens with one attached hydrogen (secondary N) is 1. The van der Waals surface area contributed by atoms with Gasteiger partial charge in [-0.15, -0.1) is 0 Å². The van der Waals surface area contributed by atoms with Crippen LogP contribution in [0.3, 0.4) is 0 Å². The molecule has 1 N–H and O–H groups in total. The number of fused-ring (bicyclic) bond motifs is 1. The van der Waals surface area contributed by atoms with Gasteiger partial charge in [0.25, 0.3) is 0 Å². The van der Waals surface area contributed by atoms with Crippen molar-refractivity contribution < 1.29 is 0 Å². The van der Waals surface area contributed by atoms with Gasteiger partial charge in [0.15, 0.2) is 0 Å². The molecule has 0 saturated carbocycles. The first-order chi connectivity index (χ1) is 9.93. The van der Waals surface area contributed by atoms with Gasteiger partial charge in [0.1, 0.15) is 12.2 Å². The molecule has 4 nitrogen and oxygen atoms in total. The molecular weight excluding hydrogens is 248 g/mol. The van der Waals surface area contributed by atoms with Crippen LogP contribution in [-0.4, -0.2) is 21.3 Å². The number of benzene rings is 1. The lowest BCUT2D eigenvalue weighted by Gasteiger charge is -2.23. The first-order valence-electron chi connectivity index (χ1n) is 7.68. The molecule has 0 spiro atoms. The van der Waals surface area contributed by atoms with Crippen LogP contribution in [0.1, 0.15) is 48.7 Å². The number of hydrogen-bond donors (Lipinski definition) is 1. The van der Waals surface area contributed by atoms with Gasteiger partial charge in [-0.05, 0) is 55.8 Å². The molecule has 2 heterocycles. The van der Waals surface area contributed by atoms with Gasteiger partial charge in [-0.3, -0.25) is 0 Å². The Morgan fingerprint density at radius 1 is 1.15 bits per heavy atom. The monoisotopic (exact) mass is 268 g/mol. The SMILES string of the molecule is c1cc2c(c(-n3ncnc3[C@@H]3CCCCN3)c1)CCC2. The van der Waals surface area contributed by atoms with Crippen molar-refractivity contribution >= 4 is 0 Å². The first-order valence-corrected chi connectivity index (χ1v) is 7.68. The highest BCUT2D eigenvalue weighted by atomic mass is 15.3. The smallest absolute Gasteiger partial charge is 0.149 e. The van der Waals surface area contributed by atoms with Crippen molar-refractivity contribution in [3.8, 4) is 5.69 Å². The molecule has 1 fully saturated rings. The largest absolute Gasteiger partial charge is 0.307 e. The second-order valence-corrected chi connectivity index (χ2v) is 5.80. The highest BCUT2D eigenvalue weighted by molar-refractivity contribution is 5.48. The lowest BCUT2D eigenvalue weighted by Crippen LogP contribution is -2.29. The van der Waals surface area contributed by atoms with Gasteiger partial charge in [0.2, 0.25) is 0 Å². The van der Waals surface area contributed by atoms with E-state index in [4.69, 9.17) is 0 Å². The van der Waals surface area contributed by atoms with E-state index in [0.717, 1.165) is 18.8 Å². The van der Waals surface area contributed by atoms with Crippen LogP contribution in [0.4, 0.5) is 0 Å². The Balaban J connectivity index is 1.76. The Morgan fingerprint density at radius 2 is 2.15 bits per heavy atom. The molecule has 104 valence electrons. The van der Waals surface area contributed by atoms with Gasteiger partial charge in [-0.1, -0.05) is 18.6 Å². The summed E-state index contributed by atoms with van der Waals surface area (Å²) in [5.41, 5.74) is 4.19. The molecule has 1 saturated heterocycles. The molecule has 2 aromatic rings. The summed E-state index contributed by atoms with van der Waals surface area (Å²) in [6, 6.07) is 6.94. The Bertz CT molecular complexity index is 611. The maximum absolute atomic E-state index is 4.53. The fourth-order valence-electron chi connectivity index (χ4n) is 3.54. The zero-order valence-electron chi connectivity index (χ0n) is 11.7. The van der Waals surface area contributed by atoms with Gasteiger partial charge in [-0.25, -0.2) is 9.67 Å². The molecule has 1 aromatic heterocycles. The van der Waals surface area contributed by atoms with Crippen LogP contribution in [0.25, 0.3) is 5.69 Å². The number of hydrogen-bond acceptors (Lipinski definition) is 3. The maximum atomic E-state index is 4.53. The minimum atomic E-state index is 0.350. The fraction of sp³-hybridized carbons (Fsp3) is 0.500. The Kier molecular flexibility index (Phi) is 3.03. The van der Waals surface area contributed by atoms with Crippen molar-refractivity contribution in [2.75, 3.05) is 6.54 Å². The summed E-state index contributed by atoms with van der Waals surface area (Å²) in [5.74, 6) is 1.07. The fourth-order valence-corrected chi connectivity index (χ4v) is 3.54. The van der Waals surface area contributed by atoms with Crippen molar-refractivity contribution in [1.82, 2.24) is 20.1 Å². The second kappa shape index (κ2) is 5.02. The molecule has 1 aliphatic heterocycles. The lowest BCUT2D eigenvalue weighted by molar-refractivity contribution is 0.391. The summed E-state index contributed by atoms with van der Waals surface area (Å²) in [4.78, 5) is 4.53. The van der Waals surface area contributed by atoms with E-state index in [1.165, 1.54) is 48.9 Å². The predicted octanol–water partition coefficient (Wildman–Crippen LogP) is 2.57. The summed E-state index contributed by atoms with van der Waals surface area (Å²) in [5, 5.41) is 8.08. The number of aryl methyl sites for hydroxylation is 1. The zero-order valence-corrected chi connectivity index (χ0v) is 11.7. The Morgan fingerprint density at radius 3 is 3.05 bits per heavy atom. The van der Waals surface area contributed by atoms with E-state index >= 15 is 0 Å². The van der Waals surface area contributed by atoms with Crippen LogP contribution in [0, 0.1) is 0 Å². The van der Waals surface area contributed by atoms with Crippen LogP contribution in [0.15, 0.2) is 24.5 Å². The van der Waals surface area contributed by atoms with Crippen molar-refractivity contribution in [3.63, 3.8) is 0 Å². The molecule has 1 aliphatic carbocycles. The highest BCUT2D eigenvalue weighted by Crippen LogP contribution is 2.30. The third-order valence-corrected chi connectivity index (χ3v) is 4.55. The van der Waals surface area contributed by atoms with Gasteiger partial charge < -0.3 is 5.32 Å². The summed E-state index contributed by atoms with van der Waals surface area (Å²) >= 11 is 0. The van der Waals surface area contributed by atoms with Crippen LogP contribution in [0.2, 0.25) is 0 Å². The summed E-state index contributed by atoms with van der Waals surface area (Å²) in [7, 11) is 0. The number of rotatable bonds is 2. The van der Waals surface area contributed by atoms with Crippen molar-refractivity contribution in [2.45, 2.75) is 44.6 Å². The minimum absolute atomic E-state index is 0.350. The molecule has 0 radical (unpaired) electrons. The maximum Gasteiger partial charge on any atom is 0.149 e. The summed E-state index contributed by atoms with van der Waals surface area (Å²) < 4.78 is 2.06. The van der Waals surface area contributed by atoms with Gasteiger partial charge in [-0.2, -0.15) is 5.10 Å². The van der Waals surface area contributed by atoms with E-state index in [0.29, 0.717) is 6.04 Å². The standard InChI is InChI=1S/C16H20N4/c1-2-10-17-14(8-1)16-18-11-19-20(16)15-9-4-6-12-5-3-7-13(12)15/h4,6,9,11,14,17H,1-3,5,7-8,10H2/t14-/m0/s1. The molecule has 0 amide bonds. The summed E-state index contributed by atoms with van der Waals surface area (Å²) in [6.07, 6.45) is 9.03. The van der Waals surface area contributed by atoms with Gasteiger partial charge in [0, 0.05) is 0 Å². The molecule has 4 rings (SSSR count). The van der Waals surface area contributed by atoms with E-state index in [9.17, 15) is 0 Å². The molecule has 1 atom stereocenters. The third kappa shape index (κ3) is 1.95. The molecule has 0 unspecified atom stereocenters. The Labute approximate surface area is 119 Å². The van der Waals surface area contributed by atoms with E-state index < -0.39 is 0 Å². The average Bonchev–Trinajstić information content (AvgIpc) is 3.16. The topological polar surface area (TPSA) is 42.7 Å². The number of piperidine rings is 1. The molecule has 20 heavy (non-hydrogen) atoms. The first kappa shape index (κ1) is 12.1.